The molecule has 0 aliphatic carbocycles. The van der Waals surface area contributed by atoms with Gasteiger partial charge in [0, 0.05) is 39.3 Å². The zero-order valence-corrected chi connectivity index (χ0v) is 20.8. The first-order valence-electron chi connectivity index (χ1n) is 11.3. The van der Waals surface area contributed by atoms with Crippen LogP contribution >= 0.6 is 23.5 Å². The second-order valence-corrected chi connectivity index (χ2v) is 9.83. The predicted molar refractivity (Wildman–Crippen MR) is 144 cm³/mol. The highest BCUT2D eigenvalue weighted by Gasteiger charge is 2.20. The van der Waals surface area contributed by atoms with E-state index in [0.29, 0.717) is 17.9 Å². The number of hydrogen-bond donors (Lipinski definition) is 0. The molecule has 2 aliphatic heterocycles. The predicted octanol–water partition coefficient (Wildman–Crippen LogP) is 6.34. The third-order valence-corrected chi connectivity index (χ3v) is 7.84. The van der Waals surface area contributed by atoms with Gasteiger partial charge in [0.15, 0.2) is 0 Å². The Labute approximate surface area is 213 Å². The molecule has 0 radical (unpaired) electrons. The Morgan fingerprint density at radius 3 is 1.94 bits per heavy atom. The molecule has 0 spiro atoms. The van der Waals surface area contributed by atoms with Gasteiger partial charge in [0.25, 0.3) is 0 Å². The monoisotopic (exact) mass is 497 g/mol. The molecule has 0 bridgehead atoms. The fraction of sp³-hybridized carbons (Fsp3) is 0.143. The zero-order chi connectivity index (χ0) is 24.0. The highest BCUT2D eigenvalue weighted by Crippen LogP contribution is 2.41. The van der Waals surface area contributed by atoms with Crippen LogP contribution in [0.15, 0.2) is 101 Å². The summed E-state index contributed by atoms with van der Waals surface area (Å²) in [7, 11) is 0. The van der Waals surface area contributed by atoms with E-state index in [2.05, 4.69) is 34.3 Å². The van der Waals surface area contributed by atoms with E-state index in [1.54, 1.807) is 35.9 Å². The lowest BCUT2D eigenvalue weighted by molar-refractivity contribution is -0.138. The fourth-order valence-corrected chi connectivity index (χ4v) is 5.90. The third-order valence-electron chi connectivity index (χ3n) is 5.47. The number of ether oxygens (including phenoxy) is 1. The summed E-state index contributed by atoms with van der Waals surface area (Å²) >= 11 is 3.48. The van der Waals surface area contributed by atoms with Crippen LogP contribution in [0, 0.1) is 0 Å². The zero-order valence-electron chi connectivity index (χ0n) is 19.2. The molecule has 174 valence electrons. The van der Waals surface area contributed by atoms with Crippen LogP contribution in [0.2, 0.25) is 0 Å². The minimum Gasteiger partial charge on any atom is -0.463 e. The van der Waals surface area contributed by atoms with E-state index in [1.807, 2.05) is 55.5 Å². The first kappa shape index (κ1) is 23.3. The Balaban J connectivity index is 1.46. The molecule has 5 nitrogen and oxygen atoms in total. The summed E-state index contributed by atoms with van der Waals surface area (Å²) in [6.45, 7) is 2.22. The minimum absolute atomic E-state index is 0.229. The number of esters is 1. The lowest BCUT2D eigenvalue weighted by atomic mass is 10.0. The van der Waals surface area contributed by atoms with Gasteiger partial charge in [-0.05, 0) is 72.7 Å². The number of nitrogens with zero attached hydrogens (tertiary/aromatic N) is 3. The smallest absolute Gasteiger partial charge is 0.334 e. The molecule has 0 N–H and O–H groups in total. The van der Waals surface area contributed by atoms with Crippen molar-refractivity contribution in [3.63, 3.8) is 0 Å². The molecule has 3 aromatic rings. The summed E-state index contributed by atoms with van der Waals surface area (Å²) < 4.78 is 5.12. The van der Waals surface area contributed by atoms with Gasteiger partial charge in [0.1, 0.15) is 0 Å². The topological polar surface area (TPSA) is 65.0 Å². The van der Waals surface area contributed by atoms with Gasteiger partial charge in [0.05, 0.1) is 29.4 Å². The van der Waals surface area contributed by atoms with Gasteiger partial charge in [-0.1, -0.05) is 18.2 Å². The minimum atomic E-state index is -0.229. The van der Waals surface area contributed by atoms with Gasteiger partial charge < -0.3 is 4.74 Å². The number of rotatable bonds is 6. The van der Waals surface area contributed by atoms with Gasteiger partial charge in [-0.15, -0.1) is 23.5 Å². The maximum Gasteiger partial charge on any atom is 0.334 e. The summed E-state index contributed by atoms with van der Waals surface area (Å²) in [5, 5.41) is 0. The third kappa shape index (κ3) is 5.47. The fourth-order valence-electron chi connectivity index (χ4n) is 3.70. The van der Waals surface area contributed by atoms with Crippen molar-refractivity contribution < 1.29 is 9.53 Å². The molecule has 5 heterocycles. The molecule has 0 atom stereocenters. The Morgan fingerprint density at radius 1 is 0.829 bits per heavy atom. The highest BCUT2D eigenvalue weighted by atomic mass is 32.2. The summed E-state index contributed by atoms with van der Waals surface area (Å²) in [5.74, 6) is 1.24. The van der Waals surface area contributed by atoms with Crippen LogP contribution in [0.1, 0.15) is 12.5 Å². The first-order valence-corrected chi connectivity index (χ1v) is 13.3. The maximum atomic E-state index is 12.0. The van der Waals surface area contributed by atoms with E-state index in [-0.39, 0.29) is 5.97 Å². The van der Waals surface area contributed by atoms with Crippen LogP contribution in [0.3, 0.4) is 0 Å². The number of carbonyl (C=O) groups excluding carboxylic acids is 1. The quantitative estimate of drug-likeness (QED) is 0.368. The van der Waals surface area contributed by atoms with E-state index in [4.69, 9.17) is 9.72 Å². The van der Waals surface area contributed by atoms with E-state index in [1.165, 1.54) is 15.4 Å². The lowest BCUT2D eigenvalue weighted by Gasteiger charge is -2.19. The second-order valence-electron chi connectivity index (χ2n) is 7.80. The summed E-state index contributed by atoms with van der Waals surface area (Å²) in [5.41, 5.74) is 6.36. The summed E-state index contributed by atoms with van der Waals surface area (Å²) in [6.07, 6.45) is 11.8. The van der Waals surface area contributed by atoms with Crippen molar-refractivity contribution in [2.24, 2.45) is 0 Å². The van der Waals surface area contributed by atoms with Crippen LogP contribution in [0.25, 0.3) is 28.3 Å². The average Bonchev–Trinajstić information content (AvgIpc) is 2.94. The van der Waals surface area contributed by atoms with Gasteiger partial charge >= 0.3 is 5.97 Å². The number of thioether (sulfide) groups is 2. The van der Waals surface area contributed by atoms with Crippen LogP contribution in [-0.2, 0) is 9.53 Å². The van der Waals surface area contributed by atoms with Gasteiger partial charge in [-0.25, -0.2) is 9.78 Å². The van der Waals surface area contributed by atoms with Crippen molar-refractivity contribution in [2.75, 3.05) is 18.1 Å². The van der Waals surface area contributed by atoms with Crippen LogP contribution in [-0.4, -0.2) is 39.0 Å². The van der Waals surface area contributed by atoms with Crippen molar-refractivity contribution in [1.29, 1.82) is 0 Å². The molecule has 0 saturated carbocycles. The van der Waals surface area contributed by atoms with Gasteiger partial charge in [-0.3, -0.25) is 9.97 Å². The summed E-state index contributed by atoms with van der Waals surface area (Å²) in [6, 6.07) is 15.9. The molecule has 35 heavy (non-hydrogen) atoms. The molecule has 0 saturated heterocycles. The SMILES string of the molecule is CCOC(=O)C1=CC=C(C2=CC=C(c3cc(-c4ccccn4)nc(-c4ccccn4)c3)CS2)SC1. The van der Waals surface area contributed by atoms with Crippen molar-refractivity contribution in [3.8, 4) is 22.8 Å². The standard InChI is InChI=1S/C28H23N3O2S2/c1-2-33-28(32)20-10-12-27(35-18-20)26-11-9-19(17-34-26)21-15-24(22-7-3-5-13-29-22)31-25(16-21)23-8-4-6-14-30-23/h3-16H,2,17-18H2,1H3. The van der Waals surface area contributed by atoms with Gasteiger partial charge in [0.2, 0.25) is 0 Å². The molecular formula is C28H23N3O2S2. The molecular weight excluding hydrogens is 474 g/mol. The Hall–Kier alpha value is -3.42. The summed E-state index contributed by atoms with van der Waals surface area (Å²) in [4.78, 5) is 28.2. The molecule has 0 amide bonds. The number of allylic oxidation sites excluding steroid dienone is 4. The molecule has 7 heteroatoms. The van der Waals surface area contributed by atoms with E-state index < -0.39 is 0 Å². The molecule has 2 aliphatic rings. The van der Waals surface area contributed by atoms with Crippen LogP contribution in [0.4, 0.5) is 0 Å². The number of hydrogen-bond acceptors (Lipinski definition) is 7. The molecule has 0 unspecified atom stereocenters. The Bertz CT molecular complexity index is 1310. The Morgan fingerprint density at radius 2 is 1.46 bits per heavy atom. The largest absolute Gasteiger partial charge is 0.463 e. The lowest BCUT2D eigenvalue weighted by Crippen LogP contribution is -2.11. The van der Waals surface area contributed by atoms with Crippen molar-refractivity contribution in [1.82, 2.24) is 15.0 Å². The van der Waals surface area contributed by atoms with Crippen molar-refractivity contribution in [3.05, 3.63) is 106 Å². The number of pyridine rings is 3. The first-order chi connectivity index (χ1) is 17.2. The molecule has 5 rings (SSSR count). The van der Waals surface area contributed by atoms with Crippen molar-refractivity contribution in [2.45, 2.75) is 6.92 Å². The van der Waals surface area contributed by atoms with Crippen molar-refractivity contribution >= 4 is 35.1 Å². The molecule has 0 aromatic carbocycles. The molecule has 3 aromatic heterocycles. The Kier molecular flexibility index (Phi) is 7.25. The van der Waals surface area contributed by atoms with Crippen LogP contribution < -0.4 is 0 Å². The van der Waals surface area contributed by atoms with E-state index in [9.17, 15) is 4.79 Å². The average molecular weight is 498 g/mol. The van der Waals surface area contributed by atoms with E-state index >= 15 is 0 Å². The van der Waals surface area contributed by atoms with Gasteiger partial charge in [-0.2, -0.15) is 0 Å². The highest BCUT2D eigenvalue weighted by molar-refractivity contribution is 8.08. The second kappa shape index (κ2) is 10.9. The van der Waals surface area contributed by atoms with E-state index in [0.717, 1.165) is 34.1 Å². The molecule has 0 fully saturated rings. The van der Waals surface area contributed by atoms with Crippen LogP contribution in [0.5, 0.6) is 0 Å². The number of aromatic nitrogens is 3. The normalized spacial score (nSPS) is 15.5. The maximum absolute atomic E-state index is 12.0. The number of carbonyl (C=O) groups is 1.